The quantitative estimate of drug-likeness (QED) is 0.721. The first-order chi connectivity index (χ1) is 13.1. The summed E-state index contributed by atoms with van der Waals surface area (Å²) in [5.74, 6) is -0.353. The maximum Gasteiger partial charge on any atom is 0.410 e. The lowest BCUT2D eigenvalue weighted by Crippen LogP contribution is -2.59. The van der Waals surface area contributed by atoms with Crippen LogP contribution in [0.2, 0.25) is 0 Å². The summed E-state index contributed by atoms with van der Waals surface area (Å²) in [5, 5.41) is 0. The fourth-order valence-electron chi connectivity index (χ4n) is 3.41. The molecular formula is C22H32N2O4. The number of carbonyl (C=O) groups excluding carboxylic acids is 2. The SMILES string of the molecule is C/C=C/c1cc(C(=O)OC)ccc1N1CC(C)N(C(=O)OC(C)(C)C)CC1C. The second-order valence-electron chi connectivity index (χ2n) is 8.25. The fourth-order valence-corrected chi connectivity index (χ4v) is 3.41. The van der Waals surface area contributed by atoms with Gasteiger partial charge in [-0.3, -0.25) is 0 Å². The molecule has 2 unspecified atom stereocenters. The minimum Gasteiger partial charge on any atom is -0.465 e. The van der Waals surface area contributed by atoms with Crippen molar-refractivity contribution in [1.82, 2.24) is 4.90 Å². The van der Waals surface area contributed by atoms with Crippen LogP contribution < -0.4 is 4.90 Å². The van der Waals surface area contributed by atoms with E-state index in [2.05, 4.69) is 11.8 Å². The lowest BCUT2D eigenvalue weighted by Gasteiger charge is -2.45. The first kappa shape index (κ1) is 21.8. The van der Waals surface area contributed by atoms with Crippen LogP contribution in [0.3, 0.4) is 0 Å². The van der Waals surface area contributed by atoms with Crippen molar-refractivity contribution < 1.29 is 19.1 Å². The van der Waals surface area contributed by atoms with Crippen molar-refractivity contribution >= 4 is 23.8 Å². The standard InChI is InChI=1S/C22H32N2O4/c1-8-9-17-12-18(20(25)27-7)10-11-19(17)23-13-16(3)24(14-15(23)2)21(26)28-22(4,5)6/h8-12,15-16H,13-14H2,1-7H3/b9-8+. The zero-order valence-corrected chi connectivity index (χ0v) is 18.0. The van der Waals surface area contributed by atoms with E-state index in [9.17, 15) is 9.59 Å². The minimum atomic E-state index is -0.514. The van der Waals surface area contributed by atoms with Crippen LogP contribution in [0.4, 0.5) is 10.5 Å². The van der Waals surface area contributed by atoms with Crippen molar-refractivity contribution in [2.75, 3.05) is 25.1 Å². The summed E-state index contributed by atoms with van der Waals surface area (Å²) in [6, 6.07) is 5.69. The highest BCUT2D eigenvalue weighted by Gasteiger charge is 2.35. The molecule has 1 fully saturated rings. The Kier molecular flexibility index (Phi) is 6.75. The summed E-state index contributed by atoms with van der Waals surface area (Å²) in [6.07, 6.45) is 3.66. The van der Waals surface area contributed by atoms with E-state index >= 15 is 0 Å². The number of nitrogens with zero attached hydrogens (tertiary/aromatic N) is 2. The molecule has 6 nitrogen and oxygen atoms in total. The van der Waals surface area contributed by atoms with Crippen LogP contribution in [0, 0.1) is 0 Å². The van der Waals surface area contributed by atoms with Gasteiger partial charge in [-0.15, -0.1) is 0 Å². The zero-order valence-electron chi connectivity index (χ0n) is 18.0. The van der Waals surface area contributed by atoms with E-state index in [-0.39, 0.29) is 24.1 Å². The van der Waals surface area contributed by atoms with Crippen LogP contribution in [0.25, 0.3) is 6.08 Å². The molecule has 1 heterocycles. The molecule has 0 spiro atoms. The van der Waals surface area contributed by atoms with Crippen LogP contribution in [-0.4, -0.2) is 54.8 Å². The second kappa shape index (κ2) is 8.67. The average molecular weight is 389 g/mol. The van der Waals surface area contributed by atoms with Crippen LogP contribution in [0.15, 0.2) is 24.3 Å². The number of benzene rings is 1. The summed E-state index contributed by atoms with van der Waals surface area (Å²) in [6.45, 7) is 13.0. The average Bonchev–Trinajstić information content (AvgIpc) is 2.61. The molecule has 2 rings (SSSR count). The number of amides is 1. The third-order valence-electron chi connectivity index (χ3n) is 4.72. The highest BCUT2D eigenvalue weighted by molar-refractivity contribution is 5.91. The Morgan fingerprint density at radius 3 is 2.39 bits per heavy atom. The van der Waals surface area contributed by atoms with Gasteiger partial charge in [-0.2, -0.15) is 0 Å². The first-order valence-corrected chi connectivity index (χ1v) is 9.68. The number of anilines is 1. The number of allylic oxidation sites excluding steroid dienone is 1. The molecule has 1 aromatic carbocycles. The Morgan fingerprint density at radius 1 is 1.14 bits per heavy atom. The van der Waals surface area contributed by atoms with Gasteiger partial charge in [0, 0.05) is 30.9 Å². The molecule has 1 aliphatic heterocycles. The molecule has 0 aromatic heterocycles. The third kappa shape index (κ3) is 5.06. The Bertz CT molecular complexity index is 751. The molecule has 6 heteroatoms. The van der Waals surface area contributed by atoms with Gasteiger partial charge >= 0.3 is 12.1 Å². The van der Waals surface area contributed by atoms with Gasteiger partial charge in [0.25, 0.3) is 0 Å². The van der Waals surface area contributed by atoms with E-state index in [0.29, 0.717) is 18.7 Å². The molecule has 1 aromatic rings. The summed E-state index contributed by atoms with van der Waals surface area (Å²) in [5.41, 5.74) is 2.00. The van der Waals surface area contributed by atoms with Gasteiger partial charge in [0.05, 0.1) is 12.7 Å². The monoisotopic (exact) mass is 388 g/mol. The number of esters is 1. The number of piperazine rings is 1. The number of rotatable bonds is 3. The maximum absolute atomic E-state index is 12.6. The number of methoxy groups -OCH3 is 1. The Hall–Kier alpha value is -2.50. The van der Waals surface area contributed by atoms with Gasteiger partial charge in [0.2, 0.25) is 0 Å². The van der Waals surface area contributed by atoms with Gasteiger partial charge < -0.3 is 19.3 Å². The van der Waals surface area contributed by atoms with Crippen LogP contribution in [0.5, 0.6) is 0 Å². The summed E-state index contributed by atoms with van der Waals surface area (Å²) < 4.78 is 10.4. The highest BCUT2D eigenvalue weighted by atomic mass is 16.6. The van der Waals surface area contributed by atoms with Crippen molar-refractivity contribution in [1.29, 1.82) is 0 Å². The molecule has 1 amide bonds. The molecule has 28 heavy (non-hydrogen) atoms. The van der Waals surface area contributed by atoms with Crippen molar-refractivity contribution in [3.05, 3.63) is 35.4 Å². The van der Waals surface area contributed by atoms with E-state index in [1.165, 1.54) is 7.11 Å². The predicted octanol–water partition coefficient (Wildman–Crippen LogP) is 4.34. The van der Waals surface area contributed by atoms with Gasteiger partial charge in [0.1, 0.15) is 5.60 Å². The van der Waals surface area contributed by atoms with Gasteiger partial charge in [-0.05, 0) is 65.3 Å². The Morgan fingerprint density at radius 2 is 1.82 bits per heavy atom. The van der Waals surface area contributed by atoms with Crippen LogP contribution >= 0.6 is 0 Å². The van der Waals surface area contributed by atoms with Gasteiger partial charge in [-0.25, -0.2) is 9.59 Å². The minimum absolute atomic E-state index is 0.00443. The smallest absolute Gasteiger partial charge is 0.410 e. The van der Waals surface area contributed by atoms with Crippen molar-refractivity contribution in [2.45, 2.75) is 59.2 Å². The normalized spacial score (nSPS) is 20.4. The predicted molar refractivity (Wildman–Crippen MR) is 112 cm³/mol. The van der Waals surface area contributed by atoms with E-state index in [0.717, 1.165) is 11.3 Å². The van der Waals surface area contributed by atoms with E-state index < -0.39 is 5.60 Å². The van der Waals surface area contributed by atoms with Gasteiger partial charge in [-0.1, -0.05) is 12.2 Å². The molecule has 0 saturated carbocycles. The molecule has 0 N–H and O–H groups in total. The van der Waals surface area contributed by atoms with Crippen molar-refractivity contribution in [3.63, 3.8) is 0 Å². The molecular weight excluding hydrogens is 356 g/mol. The topological polar surface area (TPSA) is 59.1 Å². The highest BCUT2D eigenvalue weighted by Crippen LogP contribution is 2.29. The van der Waals surface area contributed by atoms with Gasteiger partial charge in [0.15, 0.2) is 0 Å². The number of carbonyl (C=O) groups is 2. The number of hydrogen-bond acceptors (Lipinski definition) is 5. The fraction of sp³-hybridized carbons (Fsp3) is 0.545. The van der Waals surface area contributed by atoms with E-state index in [4.69, 9.17) is 9.47 Å². The second-order valence-corrected chi connectivity index (χ2v) is 8.25. The zero-order chi connectivity index (χ0) is 21.1. The summed E-state index contributed by atoms with van der Waals surface area (Å²) in [7, 11) is 1.38. The molecule has 0 bridgehead atoms. The third-order valence-corrected chi connectivity index (χ3v) is 4.72. The lowest BCUT2D eigenvalue weighted by atomic mass is 10.0. The molecule has 1 aliphatic rings. The Labute approximate surface area is 168 Å². The Balaban J connectivity index is 2.27. The molecule has 2 atom stereocenters. The molecule has 154 valence electrons. The molecule has 0 aliphatic carbocycles. The number of hydrogen-bond donors (Lipinski definition) is 0. The molecule has 0 radical (unpaired) electrons. The number of ether oxygens (including phenoxy) is 2. The van der Waals surface area contributed by atoms with E-state index in [1.54, 1.807) is 11.0 Å². The van der Waals surface area contributed by atoms with Crippen LogP contribution in [0.1, 0.15) is 57.5 Å². The van der Waals surface area contributed by atoms with Crippen molar-refractivity contribution in [3.8, 4) is 0 Å². The molecule has 1 saturated heterocycles. The first-order valence-electron chi connectivity index (χ1n) is 9.68. The summed E-state index contributed by atoms with van der Waals surface area (Å²) in [4.78, 5) is 28.5. The largest absolute Gasteiger partial charge is 0.465 e. The van der Waals surface area contributed by atoms with Crippen molar-refractivity contribution in [2.24, 2.45) is 0 Å². The van der Waals surface area contributed by atoms with E-state index in [1.807, 2.05) is 58.9 Å². The maximum atomic E-state index is 12.6. The lowest BCUT2D eigenvalue weighted by molar-refractivity contribution is 0.0130. The van der Waals surface area contributed by atoms with Crippen LogP contribution in [-0.2, 0) is 9.47 Å². The summed E-state index contributed by atoms with van der Waals surface area (Å²) >= 11 is 0.